The number of carbonyl (C=O) groups excluding carboxylic acids is 2. The van der Waals surface area contributed by atoms with Gasteiger partial charge in [0, 0.05) is 5.92 Å². The summed E-state index contributed by atoms with van der Waals surface area (Å²) in [6, 6.07) is 0. The molecule has 6 nitrogen and oxygen atoms in total. The number of hydrogen-bond acceptors (Lipinski definition) is 5. The molecule has 8 heteroatoms. The van der Waals surface area contributed by atoms with Crippen molar-refractivity contribution in [1.29, 1.82) is 0 Å². The molecule has 0 heterocycles. The van der Waals surface area contributed by atoms with Crippen LogP contribution < -0.4 is 0 Å². The first-order valence-electron chi connectivity index (χ1n) is 9.16. The molecule has 0 spiro atoms. The van der Waals surface area contributed by atoms with E-state index in [9.17, 15) is 23.2 Å². The smallest absolute Gasteiger partial charge is 0.378 e. The van der Waals surface area contributed by atoms with Crippen molar-refractivity contribution in [1.82, 2.24) is 0 Å². The fraction of sp³-hybridized carbons (Fsp3) is 0.833. The van der Waals surface area contributed by atoms with E-state index in [4.69, 9.17) is 14.6 Å². The predicted octanol–water partition coefficient (Wildman–Crippen LogP) is 2.64. The van der Waals surface area contributed by atoms with E-state index in [0.717, 1.165) is 12.8 Å². The third-order valence-electron chi connectivity index (χ3n) is 6.38. The van der Waals surface area contributed by atoms with Crippen molar-refractivity contribution in [3.8, 4) is 0 Å². The van der Waals surface area contributed by atoms with Crippen LogP contribution in [0.4, 0.5) is 8.78 Å². The molecule has 3 aliphatic rings. The highest BCUT2D eigenvalue weighted by Crippen LogP contribution is 2.53. The molecule has 0 aromatic carbocycles. The Kier molecular flexibility index (Phi) is 5.21. The predicted molar refractivity (Wildman–Crippen MR) is 84.2 cm³/mol. The lowest BCUT2D eigenvalue weighted by Gasteiger charge is -2.32. The summed E-state index contributed by atoms with van der Waals surface area (Å²) < 4.78 is 38.4. The first-order valence-corrected chi connectivity index (χ1v) is 9.16. The van der Waals surface area contributed by atoms with Gasteiger partial charge in [-0.15, -0.1) is 0 Å². The Morgan fingerprint density at radius 3 is 2.04 bits per heavy atom. The van der Waals surface area contributed by atoms with E-state index < -0.39 is 47.7 Å². The van der Waals surface area contributed by atoms with Crippen LogP contribution in [0.25, 0.3) is 0 Å². The number of ether oxygens (including phenoxy) is 2. The Morgan fingerprint density at radius 1 is 1.00 bits per heavy atom. The summed E-state index contributed by atoms with van der Waals surface area (Å²) in [4.78, 5) is 35.9. The van der Waals surface area contributed by atoms with Crippen molar-refractivity contribution >= 4 is 17.9 Å². The minimum absolute atomic E-state index is 0.00471. The summed E-state index contributed by atoms with van der Waals surface area (Å²) in [6.07, 6.45) is 2.42. The van der Waals surface area contributed by atoms with Gasteiger partial charge in [0.1, 0.15) is 0 Å². The summed E-state index contributed by atoms with van der Waals surface area (Å²) in [5.74, 6) is -10.1. The molecule has 1 N–H and O–H groups in total. The van der Waals surface area contributed by atoms with E-state index in [1.165, 1.54) is 7.11 Å². The number of aliphatic carboxylic acids is 1. The lowest BCUT2D eigenvalue weighted by Crippen LogP contribution is -2.49. The summed E-state index contributed by atoms with van der Waals surface area (Å²) in [5.41, 5.74) is 0. The molecule has 0 aromatic heterocycles. The van der Waals surface area contributed by atoms with Crippen LogP contribution in [-0.4, -0.2) is 42.2 Å². The number of carboxylic acids is 1. The Balaban J connectivity index is 1.81. The van der Waals surface area contributed by atoms with Gasteiger partial charge in [-0.2, -0.15) is 8.78 Å². The van der Waals surface area contributed by atoms with Crippen LogP contribution in [0.1, 0.15) is 44.9 Å². The molecule has 5 unspecified atom stereocenters. The molecule has 3 fully saturated rings. The maximum atomic E-state index is 14.3. The summed E-state index contributed by atoms with van der Waals surface area (Å²) in [6.45, 7) is 0. The van der Waals surface area contributed by atoms with Crippen molar-refractivity contribution in [2.45, 2.75) is 57.0 Å². The second-order valence-corrected chi connectivity index (χ2v) is 7.74. The number of halogens is 2. The average Bonchev–Trinajstić information content (AvgIpc) is 3.34. The van der Waals surface area contributed by atoms with Crippen molar-refractivity contribution in [2.24, 2.45) is 29.6 Å². The van der Waals surface area contributed by atoms with Crippen LogP contribution in [0.5, 0.6) is 0 Å². The highest BCUT2D eigenvalue weighted by molar-refractivity contribution is 5.84. The SMILES string of the molecule is COC(=O)C1C2CCC(C2)C1C(=O)OC(C1CCCC1)C(F)(F)C(=O)O. The molecule has 2 bridgehead atoms. The number of hydrogen-bond donors (Lipinski definition) is 1. The Hall–Kier alpha value is -1.73. The van der Waals surface area contributed by atoms with Gasteiger partial charge < -0.3 is 14.6 Å². The van der Waals surface area contributed by atoms with Crippen molar-refractivity contribution < 1.29 is 37.7 Å². The second-order valence-electron chi connectivity index (χ2n) is 7.74. The van der Waals surface area contributed by atoms with E-state index in [-0.39, 0.29) is 11.8 Å². The third kappa shape index (κ3) is 3.18. The van der Waals surface area contributed by atoms with E-state index in [1.807, 2.05) is 0 Å². The zero-order valence-corrected chi connectivity index (χ0v) is 14.7. The molecule has 0 radical (unpaired) electrons. The summed E-state index contributed by atoms with van der Waals surface area (Å²) >= 11 is 0. The standard InChI is InChI=1S/C18H24F2O6/c1-25-15(21)12-10-6-7-11(8-10)13(12)16(22)26-14(9-4-2-3-5-9)18(19,20)17(23)24/h9-14H,2-8H2,1H3,(H,23,24). The van der Waals surface area contributed by atoms with Crippen molar-refractivity contribution in [2.75, 3.05) is 7.11 Å². The number of carboxylic acid groups (broad SMARTS) is 1. The maximum Gasteiger partial charge on any atom is 0.378 e. The molecular weight excluding hydrogens is 350 g/mol. The summed E-state index contributed by atoms with van der Waals surface area (Å²) in [5, 5.41) is 8.92. The van der Waals surface area contributed by atoms with E-state index in [2.05, 4.69) is 0 Å². The fourth-order valence-corrected chi connectivity index (χ4v) is 5.16. The number of carbonyl (C=O) groups is 3. The first-order chi connectivity index (χ1) is 12.3. The largest absolute Gasteiger partial charge is 0.477 e. The molecule has 0 amide bonds. The van der Waals surface area contributed by atoms with E-state index in [0.29, 0.717) is 32.1 Å². The molecule has 3 rings (SSSR count). The number of methoxy groups -OCH3 is 1. The monoisotopic (exact) mass is 374 g/mol. The van der Waals surface area contributed by atoms with Gasteiger partial charge in [0.2, 0.25) is 0 Å². The average molecular weight is 374 g/mol. The van der Waals surface area contributed by atoms with Crippen molar-refractivity contribution in [3.63, 3.8) is 0 Å². The lowest BCUT2D eigenvalue weighted by atomic mass is 9.79. The molecule has 3 saturated carbocycles. The van der Waals surface area contributed by atoms with Gasteiger partial charge in [0.25, 0.3) is 0 Å². The topological polar surface area (TPSA) is 89.9 Å². The van der Waals surface area contributed by atoms with Gasteiger partial charge in [0.15, 0.2) is 6.10 Å². The molecule has 26 heavy (non-hydrogen) atoms. The minimum Gasteiger partial charge on any atom is -0.477 e. The Bertz CT molecular complexity index is 586. The first kappa shape index (κ1) is 19.0. The van der Waals surface area contributed by atoms with Crippen LogP contribution in [0.3, 0.4) is 0 Å². The zero-order valence-electron chi connectivity index (χ0n) is 14.7. The number of esters is 2. The molecule has 146 valence electrons. The molecular formula is C18H24F2O6. The van der Waals surface area contributed by atoms with E-state index in [1.54, 1.807) is 0 Å². The van der Waals surface area contributed by atoms with Crippen LogP contribution in [0.2, 0.25) is 0 Å². The molecule has 0 aromatic rings. The van der Waals surface area contributed by atoms with Crippen LogP contribution >= 0.6 is 0 Å². The van der Waals surface area contributed by atoms with Gasteiger partial charge in [0.05, 0.1) is 18.9 Å². The summed E-state index contributed by atoms with van der Waals surface area (Å²) in [7, 11) is 1.23. The number of rotatable bonds is 6. The highest BCUT2D eigenvalue weighted by Gasteiger charge is 2.58. The minimum atomic E-state index is -4.15. The van der Waals surface area contributed by atoms with Gasteiger partial charge in [-0.05, 0) is 43.9 Å². The lowest BCUT2D eigenvalue weighted by molar-refractivity contribution is -0.205. The van der Waals surface area contributed by atoms with Gasteiger partial charge in [-0.3, -0.25) is 9.59 Å². The second kappa shape index (κ2) is 7.12. The number of fused-ring (bicyclic) bond motifs is 2. The van der Waals surface area contributed by atoms with Gasteiger partial charge >= 0.3 is 23.8 Å². The quantitative estimate of drug-likeness (QED) is 0.719. The van der Waals surface area contributed by atoms with Crippen LogP contribution in [-0.2, 0) is 23.9 Å². The molecule has 5 atom stereocenters. The molecule has 3 aliphatic carbocycles. The Morgan fingerprint density at radius 2 is 1.54 bits per heavy atom. The fourth-order valence-electron chi connectivity index (χ4n) is 5.16. The van der Waals surface area contributed by atoms with Crippen LogP contribution in [0, 0.1) is 29.6 Å². The Labute approximate surface area is 150 Å². The third-order valence-corrected chi connectivity index (χ3v) is 6.38. The normalized spacial score (nSPS) is 32.4. The molecule has 0 saturated heterocycles. The highest BCUT2D eigenvalue weighted by atomic mass is 19.3. The van der Waals surface area contributed by atoms with Crippen LogP contribution in [0.15, 0.2) is 0 Å². The van der Waals surface area contributed by atoms with Gasteiger partial charge in [-0.25, -0.2) is 4.79 Å². The maximum absolute atomic E-state index is 14.3. The molecule has 0 aliphatic heterocycles. The number of alkyl halides is 2. The van der Waals surface area contributed by atoms with E-state index >= 15 is 0 Å². The van der Waals surface area contributed by atoms with Gasteiger partial charge in [-0.1, -0.05) is 12.8 Å². The van der Waals surface area contributed by atoms with Crippen molar-refractivity contribution in [3.05, 3.63) is 0 Å². The zero-order chi connectivity index (χ0) is 19.1.